The van der Waals surface area contributed by atoms with Crippen molar-refractivity contribution in [2.75, 3.05) is 31.6 Å². The first kappa shape index (κ1) is 14.1. The number of aryl methyl sites for hydroxylation is 1. The minimum absolute atomic E-state index is 0.482. The Balaban J connectivity index is 2.22. The highest BCUT2D eigenvalue weighted by molar-refractivity contribution is 5.36. The van der Waals surface area contributed by atoms with E-state index in [4.69, 9.17) is 4.74 Å². The van der Waals surface area contributed by atoms with Crippen LogP contribution in [0.2, 0.25) is 0 Å². The predicted octanol–water partition coefficient (Wildman–Crippen LogP) is 1.76. The van der Waals surface area contributed by atoms with E-state index in [9.17, 15) is 0 Å². The van der Waals surface area contributed by atoms with Gasteiger partial charge >= 0.3 is 0 Å². The van der Waals surface area contributed by atoms with Gasteiger partial charge in [-0.25, -0.2) is 4.98 Å². The Bertz CT molecular complexity index is 408. The van der Waals surface area contributed by atoms with Gasteiger partial charge in [0.05, 0.1) is 6.61 Å². The largest absolute Gasteiger partial charge is 0.478 e. The van der Waals surface area contributed by atoms with Crippen LogP contribution in [0.3, 0.4) is 0 Å². The molecule has 1 aromatic rings. The van der Waals surface area contributed by atoms with Crippen LogP contribution < -0.4 is 15.0 Å². The van der Waals surface area contributed by atoms with Crippen LogP contribution in [0.1, 0.15) is 31.9 Å². The zero-order valence-electron chi connectivity index (χ0n) is 12.1. The van der Waals surface area contributed by atoms with E-state index < -0.39 is 0 Å². The summed E-state index contributed by atoms with van der Waals surface area (Å²) in [6.45, 7) is 6.60. The predicted molar refractivity (Wildman–Crippen MR) is 76.8 cm³/mol. The molecule has 0 aromatic carbocycles. The van der Waals surface area contributed by atoms with Gasteiger partial charge in [0.1, 0.15) is 0 Å². The normalized spacial score (nSPS) is 19.5. The number of rotatable bonds is 5. The fraction of sp³-hybridized carbons (Fsp3) is 0.714. The third kappa shape index (κ3) is 3.56. The SMILES string of the molecule is CCOc1cc(C)nc(N2CCCCC2CNC)n1. The zero-order valence-corrected chi connectivity index (χ0v) is 12.1. The Kier molecular flexibility index (Phi) is 4.96. The van der Waals surface area contributed by atoms with Crippen molar-refractivity contribution < 1.29 is 4.74 Å². The Morgan fingerprint density at radius 1 is 1.42 bits per heavy atom. The molecule has 1 aliphatic heterocycles. The van der Waals surface area contributed by atoms with Crippen molar-refractivity contribution in [2.45, 2.75) is 39.2 Å². The highest BCUT2D eigenvalue weighted by Gasteiger charge is 2.24. The highest BCUT2D eigenvalue weighted by atomic mass is 16.5. The van der Waals surface area contributed by atoms with E-state index in [1.54, 1.807) is 0 Å². The monoisotopic (exact) mass is 264 g/mol. The highest BCUT2D eigenvalue weighted by Crippen LogP contribution is 2.23. The lowest BCUT2D eigenvalue weighted by Crippen LogP contribution is -2.45. The Morgan fingerprint density at radius 3 is 3.00 bits per heavy atom. The average Bonchev–Trinajstić information content (AvgIpc) is 2.39. The quantitative estimate of drug-likeness (QED) is 0.878. The molecular formula is C14H24N4O. The number of ether oxygens (including phenoxy) is 1. The number of hydrogen-bond donors (Lipinski definition) is 1. The Morgan fingerprint density at radius 2 is 2.26 bits per heavy atom. The molecule has 0 amide bonds. The van der Waals surface area contributed by atoms with Crippen molar-refractivity contribution in [1.82, 2.24) is 15.3 Å². The van der Waals surface area contributed by atoms with Gasteiger partial charge in [-0.2, -0.15) is 4.98 Å². The summed E-state index contributed by atoms with van der Waals surface area (Å²) in [4.78, 5) is 11.4. The van der Waals surface area contributed by atoms with Gasteiger partial charge in [0.25, 0.3) is 0 Å². The lowest BCUT2D eigenvalue weighted by molar-refractivity contribution is 0.325. The molecule has 19 heavy (non-hydrogen) atoms. The van der Waals surface area contributed by atoms with E-state index in [2.05, 4.69) is 20.2 Å². The smallest absolute Gasteiger partial charge is 0.229 e. The molecule has 0 radical (unpaired) electrons. The molecule has 0 saturated carbocycles. The van der Waals surface area contributed by atoms with Gasteiger partial charge in [0.15, 0.2) is 0 Å². The van der Waals surface area contributed by atoms with E-state index in [0.717, 1.165) is 24.7 Å². The maximum Gasteiger partial charge on any atom is 0.229 e. The second-order valence-corrected chi connectivity index (χ2v) is 4.98. The zero-order chi connectivity index (χ0) is 13.7. The minimum Gasteiger partial charge on any atom is -0.478 e. The molecule has 5 heteroatoms. The molecule has 1 aromatic heterocycles. The summed E-state index contributed by atoms with van der Waals surface area (Å²) in [5.41, 5.74) is 0.960. The van der Waals surface area contributed by atoms with Crippen LogP contribution in [0.4, 0.5) is 5.95 Å². The number of hydrogen-bond acceptors (Lipinski definition) is 5. The first-order chi connectivity index (χ1) is 9.24. The molecule has 2 heterocycles. The maximum atomic E-state index is 5.52. The van der Waals surface area contributed by atoms with Crippen LogP contribution in [0.15, 0.2) is 6.07 Å². The summed E-state index contributed by atoms with van der Waals surface area (Å²) in [5.74, 6) is 1.49. The molecule has 1 aliphatic rings. The van der Waals surface area contributed by atoms with Gasteiger partial charge in [0.2, 0.25) is 11.8 Å². The number of piperidine rings is 1. The summed E-state index contributed by atoms with van der Waals surface area (Å²) in [5, 5.41) is 3.26. The molecule has 1 saturated heterocycles. The van der Waals surface area contributed by atoms with Gasteiger partial charge in [0, 0.05) is 30.9 Å². The summed E-state index contributed by atoms with van der Waals surface area (Å²) in [7, 11) is 2.00. The average molecular weight is 264 g/mol. The summed E-state index contributed by atoms with van der Waals surface area (Å²) in [6.07, 6.45) is 3.69. The van der Waals surface area contributed by atoms with E-state index in [0.29, 0.717) is 18.5 Å². The number of nitrogens with zero attached hydrogens (tertiary/aromatic N) is 3. The molecule has 1 fully saturated rings. The second-order valence-electron chi connectivity index (χ2n) is 4.98. The first-order valence-corrected chi connectivity index (χ1v) is 7.14. The van der Waals surface area contributed by atoms with Crippen LogP contribution in [0.5, 0.6) is 5.88 Å². The van der Waals surface area contributed by atoms with Crippen LogP contribution in [-0.2, 0) is 0 Å². The molecule has 0 bridgehead atoms. The lowest BCUT2D eigenvalue weighted by atomic mass is 10.0. The van der Waals surface area contributed by atoms with E-state index in [1.807, 2.05) is 27.0 Å². The van der Waals surface area contributed by atoms with Crippen LogP contribution >= 0.6 is 0 Å². The van der Waals surface area contributed by atoms with Crippen molar-refractivity contribution in [3.05, 3.63) is 11.8 Å². The van der Waals surface area contributed by atoms with Crippen molar-refractivity contribution in [3.63, 3.8) is 0 Å². The third-order valence-corrected chi connectivity index (χ3v) is 3.43. The van der Waals surface area contributed by atoms with Crippen molar-refractivity contribution in [2.24, 2.45) is 0 Å². The minimum atomic E-state index is 0.482. The number of nitrogens with one attached hydrogen (secondary N) is 1. The number of anilines is 1. The van der Waals surface area contributed by atoms with Crippen LogP contribution in [0.25, 0.3) is 0 Å². The number of likely N-dealkylation sites (N-methyl/N-ethyl adjacent to an activating group) is 1. The second kappa shape index (κ2) is 6.70. The Labute approximate surface area is 115 Å². The van der Waals surface area contributed by atoms with Gasteiger partial charge in [-0.05, 0) is 40.2 Å². The van der Waals surface area contributed by atoms with Crippen LogP contribution in [0, 0.1) is 6.92 Å². The molecule has 0 spiro atoms. The summed E-state index contributed by atoms with van der Waals surface area (Å²) in [6, 6.07) is 2.37. The molecule has 1 atom stereocenters. The van der Waals surface area contributed by atoms with Crippen molar-refractivity contribution in [1.29, 1.82) is 0 Å². The van der Waals surface area contributed by atoms with Gasteiger partial charge in [-0.3, -0.25) is 0 Å². The van der Waals surface area contributed by atoms with Crippen molar-refractivity contribution in [3.8, 4) is 5.88 Å². The van der Waals surface area contributed by atoms with Crippen molar-refractivity contribution >= 4 is 5.95 Å². The fourth-order valence-corrected chi connectivity index (χ4v) is 2.59. The fourth-order valence-electron chi connectivity index (χ4n) is 2.59. The standard InChI is InChI=1S/C14H24N4O/c1-4-19-13-9-11(2)16-14(17-13)18-8-6-5-7-12(18)10-15-3/h9,12,15H,4-8,10H2,1-3H3. The summed E-state index contributed by atoms with van der Waals surface area (Å²) < 4.78 is 5.52. The van der Waals surface area contributed by atoms with E-state index in [-0.39, 0.29) is 0 Å². The molecule has 1 unspecified atom stereocenters. The maximum absolute atomic E-state index is 5.52. The van der Waals surface area contributed by atoms with Gasteiger partial charge < -0.3 is 15.0 Å². The van der Waals surface area contributed by atoms with Gasteiger partial charge in [-0.15, -0.1) is 0 Å². The Hall–Kier alpha value is -1.36. The molecule has 1 N–H and O–H groups in total. The van der Waals surface area contributed by atoms with Gasteiger partial charge in [-0.1, -0.05) is 0 Å². The third-order valence-electron chi connectivity index (χ3n) is 3.43. The molecule has 2 rings (SSSR count). The molecule has 0 aliphatic carbocycles. The molecule has 106 valence electrons. The van der Waals surface area contributed by atoms with E-state index >= 15 is 0 Å². The number of aromatic nitrogens is 2. The lowest BCUT2D eigenvalue weighted by Gasteiger charge is -2.35. The first-order valence-electron chi connectivity index (χ1n) is 7.14. The molecular weight excluding hydrogens is 240 g/mol. The topological polar surface area (TPSA) is 50.3 Å². The van der Waals surface area contributed by atoms with Crippen LogP contribution in [-0.4, -0.2) is 42.8 Å². The summed E-state index contributed by atoms with van der Waals surface area (Å²) >= 11 is 0. The molecule has 5 nitrogen and oxygen atoms in total. The van der Waals surface area contributed by atoms with E-state index in [1.165, 1.54) is 19.3 Å².